The van der Waals surface area contributed by atoms with E-state index in [1.165, 1.54) is 0 Å². The first-order chi connectivity index (χ1) is 4.70. The van der Waals surface area contributed by atoms with Gasteiger partial charge in [-0.05, 0) is 18.8 Å². The fourth-order valence-corrected chi connectivity index (χ4v) is 2.27. The van der Waals surface area contributed by atoms with E-state index in [0.29, 0.717) is 6.42 Å². The van der Waals surface area contributed by atoms with Crippen LogP contribution in [-0.2, 0) is 0 Å². The fourth-order valence-electron chi connectivity index (χ4n) is 2.27. The van der Waals surface area contributed by atoms with Crippen molar-refractivity contribution in [3.05, 3.63) is 0 Å². The van der Waals surface area contributed by atoms with Crippen LogP contribution >= 0.6 is 0 Å². The van der Waals surface area contributed by atoms with Crippen LogP contribution in [0, 0.1) is 11.8 Å². The van der Waals surface area contributed by atoms with E-state index in [-0.39, 0.29) is 17.9 Å². The summed E-state index contributed by atoms with van der Waals surface area (Å²) in [4.78, 5) is 0. The second-order valence-electron chi connectivity index (χ2n) is 3.44. The second-order valence-corrected chi connectivity index (χ2v) is 3.44. The van der Waals surface area contributed by atoms with Crippen molar-refractivity contribution in [1.29, 1.82) is 0 Å². The third-order valence-electron chi connectivity index (χ3n) is 2.88. The molecule has 0 aliphatic heterocycles. The summed E-state index contributed by atoms with van der Waals surface area (Å²) in [5.41, 5.74) is 0. The van der Waals surface area contributed by atoms with E-state index in [4.69, 9.17) is 0 Å². The largest absolute Gasteiger partial charge is 0.393 e. The highest BCUT2D eigenvalue weighted by molar-refractivity contribution is 5.01. The van der Waals surface area contributed by atoms with Gasteiger partial charge in [-0.1, -0.05) is 0 Å². The van der Waals surface area contributed by atoms with E-state index in [1.54, 1.807) is 0 Å². The summed E-state index contributed by atoms with van der Waals surface area (Å²) in [6.45, 7) is 0. The number of fused-ring (bicyclic) bond motifs is 2. The maximum atomic E-state index is 9.25. The molecule has 0 radical (unpaired) electrons. The molecule has 3 heteroatoms. The highest BCUT2D eigenvalue weighted by Crippen LogP contribution is 2.44. The third-order valence-corrected chi connectivity index (χ3v) is 2.88. The van der Waals surface area contributed by atoms with Crippen LogP contribution in [0.15, 0.2) is 0 Å². The smallest absolute Gasteiger partial charge is 0.0854 e. The molecule has 0 amide bonds. The number of aliphatic hydroxyl groups excluding tert-OH is 3. The van der Waals surface area contributed by atoms with Crippen molar-refractivity contribution >= 4 is 0 Å². The summed E-state index contributed by atoms with van der Waals surface area (Å²) in [7, 11) is 0. The van der Waals surface area contributed by atoms with Crippen molar-refractivity contribution in [2.24, 2.45) is 11.8 Å². The second kappa shape index (κ2) is 1.94. The fraction of sp³-hybridized carbons (Fsp3) is 1.00. The molecule has 2 saturated carbocycles. The van der Waals surface area contributed by atoms with Gasteiger partial charge in [0.15, 0.2) is 0 Å². The summed E-state index contributed by atoms with van der Waals surface area (Å²) >= 11 is 0. The molecule has 10 heavy (non-hydrogen) atoms. The van der Waals surface area contributed by atoms with Crippen LogP contribution in [0.5, 0.6) is 0 Å². The standard InChI is InChI=1S/C7H12O3/c8-5-2-3-1-4(5)7(10)6(3)9/h3-10H,1-2H2/t3-,4+,5+,6-,7+/m1/s1. The summed E-state index contributed by atoms with van der Waals surface area (Å²) < 4.78 is 0. The molecule has 0 aromatic heterocycles. The van der Waals surface area contributed by atoms with Crippen molar-refractivity contribution in [2.75, 3.05) is 0 Å². The molecular weight excluding hydrogens is 132 g/mol. The first-order valence-electron chi connectivity index (χ1n) is 3.74. The number of hydrogen-bond acceptors (Lipinski definition) is 3. The van der Waals surface area contributed by atoms with Crippen LogP contribution in [0.3, 0.4) is 0 Å². The van der Waals surface area contributed by atoms with Crippen molar-refractivity contribution in [2.45, 2.75) is 31.2 Å². The van der Waals surface area contributed by atoms with Gasteiger partial charge in [0.1, 0.15) is 0 Å². The van der Waals surface area contributed by atoms with Crippen molar-refractivity contribution in [1.82, 2.24) is 0 Å². The lowest BCUT2D eigenvalue weighted by atomic mass is 9.93. The molecule has 0 saturated heterocycles. The van der Waals surface area contributed by atoms with E-state index >= 15 is 0 Å². The first kappa shape index (κ1) is 6.58. The molecule has 2 aliphatic rings. The number of hydrogen-bond donors (Lipinski definition) is 3. The molecule has 2 rings (SSSR count). The highest BCUT2D eigenvalue weighted by atomic mass is 16.3. The van der Waals surface area contributed by atoms with Crippen LogP contribution in [0.1, 0.15) is 12.8 Å². The lowest BCUT2D eigenvalue weighted by Crippen LogP contribution is -2.38. The van der Waals surface area contributed by atoms with E-state index in [0.717, 1.165) is 6.42 Å². The zero-order valence-corrected chi connectivity index (χ0v) is 5.64. The summed E-state index contributed by atoms with van der Waals surface area (Å²) in [5.74, 6) is 0.0926. The molecule has 0 spiro atoms. The van der Waals surface area contributed by atoms with Crippen LogP contribution in [0.4, 0.5) is 0 Å². The van der Waals surface area contributed by atoms with E-state index in [9.17, 15) is 15.3 Å². The summed E-state index contributed by atoms with van der Waals surface area (Å²) in [5, 5.41) is 27.7. The van der Waals surface area contributed by atoms with Gasteiger partial charge in [0.2, 0.25) is 0 Å². The molecule has 0 heterocycles. The van der Waals surface area contributed by atoms with E-state index in [1.807, 2.05) is 0 Å². The van der Waals surface area contributed by atoms with Crippen LogP contribution < -0.4 is 0 Å². The Balaban J connectivity index is 2.16. The SMILES string of the molecule is O[C@@H]1[C@@H]2C[C@H]([C@@H]1O)[C@@H](O)C2. The molecule has 3 N–H and O–H groups in total. The normalized spacial score (nSPS) is 59.7. The molecule has 2 bridgehead atoms. The van der Waals surface area contributed by atoms with Gasteiger partial charge in [0.25, 0.3) is 0 Å². The van der Waals surface area contributed by atoms with Crippen LogP contribution in [0.25, 0.3) is 0 Å². The maximum absolute atomic E-state index is 9.25. The Kier molecular flexibility index (Phi) is 1.27. The zero-order valence-electron chi connectivity index (χ0n) is 5.64. The average Bonchev–Trinajstić information content (AvgIpc) is 2.36. The predicted molar refractivity (Wildman–Crippen MR) is 34.2 cm³/mol. The molecule has 0 unspecified atom stereocenters. The lowest BCUT2D eigenvalue weighted by Gasteiger charge is -2.26. The van der Waals surface area contributed by atoms with Gasteiger partial charge in [0, 0.05) is 5.92 Å². The minimum Gasteiger partial charge on any atom is -0.393 e. The van der Waals surface area contributed by atoms with E-state index in [2.05, 4.69) is 0 Å². The minimum absolute atomic E-state index is 0.0556. The maximum Gasteiger partial charge on any atom is 0.0854 e. The minimum atomic E-state index is -0.672. The molecule has 0 aromatic carbocycles. The van der Waals surface area contributed by atoms with Gasteiger partial charge in [-0.3, -0.25) is 0 Å². The lowest BCUT2D eigenvalue weighted by molar-refractivity contribution is -0.0589. The van der Waals surface area contributed by atoms with Crippen molar-refractivity contribution < 1.29 is 15.3 Å². The summed E-state index contributed by atoms with van der Waals surface area (Å²) in [6, 6.07) is 0. The Morgan fingerprint density at radius 3 is 2.00 bits per heavy atom. The first-order valence-corrected chi connectivity index (χ1v) is 3.74. The highest BCUT2D eigenvalue weighted by Gasteiger charge is 2.50. The quantitative estimate of drug-likeness (QED) is 0.413. The molecule has 58 valence electrons. The van der Waals surface area contributed by atoms with Gasteiger partial charge >= 0.3 is 0 Å². The van der Waals surface area contributed by atoms with Crippen molar-refractivity contribution in [3.8, 4) is 0 Å². The molecular formula is C7H12O3. The van der Waals surface area contributed by atoms with Gasteiger partial charge in [-0.2, -0.15) is 0 Å². The van der Waals surface area contributed by atoms with Crippen LogP contribution in [-0.4, -0.2) is 33.6 Å². The van der Waals surface area contributed by atoms with E-state index < -0.39 is 12.2 Å². The molecule has 2 aliphatic carbocycles. The van der Waals surface area contributed by atoms with Crippen molar-refractivity contribution in [3.63, 3.8) is 0 Å². The summed E-state index contributed by atoms with van der Waals surface area (Å²) in [6.07, 6.45) is -0.155. The Bertz CT molecular complexity index is 146. The number of aliphatic hydroxyl groups is 3. The molecule has 2 fully saturated rings. The van der Waals surface area contributed by atoms with Gasteiger partial charge in [-0.15, -0.1) is 0 Å². The monoisotopic (exact) mass is 144 g/mol. The average molecular weight is 144 g/mol. The Labute approximate surface area is 59.3 Å². The third kappa shape index (κ3) is 0.654. The molecule has 5 atom stereocenters. The number of rotatable bonds is 0. The molecule has 3 nitrogen and oxygen atoms in total. The zero-order chi connectivity index (χ0) is 7.30. The predicted octanol–water partition coefficient (Wildman–Crippen LogP) is -0.891. The Hall–Kier alpha value is -0.120. The molecule has 0 aromatic rings. The Morgan fingerprint density at radius 2 is 1.60 bits per heavy atom. The van der Waals surface area contributed by atoms with Gasteiger partial charge < -0.3 is 15.3 Å². The Morgan fingerprint density at radius 1 is 0.900 bits per heavy atom. The van der Waals surface area contributed by atoms with Crippen LogP contribution in [0.2, 0.25) is 0 Å². The van der Waals surface area contributed by atoms with Gasteiger partial charge in [0.05, 0.1) is 18.3 Å². The topological polar surface area (TPSA) is 60.7 Å². The van der Waals surface area contributed by atoms with Gasteiger partial charge in [-0.25, -0.2) is 0 Å².